The molecule has 2 aliphatic rings. The Kier molecular flexibility index (Phi) is 12.4. The van der Waals surface area contributed by atoms with Gasteiger partial charge < -0.3 is 24.8 Å². The zero-order valence-electron chi connectivity index (χ0n) is 22.4. The second kappa shape index (κ2) is 15.0. The van der Waals surface area contributed by atoms with Gasteiger partial charge in [-0.25, -0.2) is 4.79 Å². The number of nitrogens with zero attached hydrogens (tertiary/aromatic N) is 1. The first-order valence-electron chi connectivity index (χ1n) is 13.1. The Balaban J connectivity index is 2.06. The molecule has 1 aliphatic heterocycles. The Hall–Kier alpha value is -2.45. The summed E-state index contributed by atoms with van der Waals surface area (Å²) in [6, 6.07) is -1.30. The number of methoxy groups -OCH3 is 2. The highest BCUT2D eigenvalue weighted by molar-refractivity contribution is 5.85. The van der Waals surface area contributed by atoms with Crippen molar-refractivity contribution in [3.8, 4) is 0 Å². The fourth-order valence-electron chi connectivity index (χ4n) is 4.98. The van der Waals surface area contributed by atoms with Crippen LogP contribution in [0.5, 0.6) is 0 Å². The molecule has 6 atom stereocenters. The monoisotopic (exact) mass is 504 g/mol. The molecule has 0 radical (unpaired) electrons. The highest BCUT2D eigenvalue weighted by Gasteiger charge is 2.40. The van der Waals surface area contributed by atoms with Gasteiger partial charge in [-0.05, 0) is 37.2 Å². The molecule has 0 aromatic carbocycles. The van der Waals surface area contributed by atoms with E-state index in [2.05, 4.69) is 19.2 Å². The Morgan fingerprint density at radius 1 is 1.19 bits per heavy atom. The average molecular weight is 505 g/mol. The van der Waals surface area contributed by atoms with Crippen LogP contribution in [0.3, 0.4) is 0 Å². The fraction of sp³-hybridized carbons (Fsp3) is 0.679. The second-order valence-electron chi connectivity index (χ2n) is 10.0. The summed E-state index contributed by atoms with van der Waals surface area (Å²) >= 11 is 0. The number of likely N-dealkylation sites (tertiary alicyclic amines) is 1. The van der Waals surface area contributed by atoms with Crippen molar-refractivity contribution in [1.29, 1.82) is 0 Å². The molecule has 0 bridgehead atoms. The first-order chi connectivity index (χ1) is 17.2. The van der Waals surface area contributed by atoms with Gasteiger partial charge in [0, 0.05) is 27.2 Å². The van der Waals surface area contributed by atoms with Gasteiger partial charge >= 0.3 is 5.97 Å². The van der Waals surface area contributed by atoms with E-state index >= 15 is 0 Å². The molecule has 0 saturated carbocycles. The number of amides is 2. The van der Waals surface area contributed by atoms with E-state index in [0.717, 1.165) is 37.7 Å². The number of carbonyl (C=O) groups excluding carboxylic acids is 2. The maximum atomic E-state index is 13.2. The van der Waals surface area contributed by atoms with Gasteiger partial charge in [0.1, 0.15) is 6.04 Å². The number of rotatable bonds is 14. The number of nitrogens with one attached hydrogen (secondary N) is 1. The lowest BCUT2D eigenvalue weighted by Gasteiger charge is -2.35. The van der Waals surface area contributed by atoms with Gasteiger partial charge in [-0.2, -0.15) is 0 Å². The van der Waals surface area contributed by atoms with E-state index in [-0.39, 0.29) is 24.5 Å². The highest BCUT2D eigenvalue weighted by Crippen LogP contribution is 2.28. The molecule has 36 heavy (non-hydrogen) atoms. The van der Waals surface area contributed by atoms with E-state index in [4.69, 9.17) is 9.47 Å². The lowest BCUT2D eigenvalue weighted by molar-refractivity contribution is -0.145. The largest absolute Gasteiger partial charge is 0.480 e. The van der Waals surface area contributed by atoms with Crippen LogP contribution in [-0.2, 0) is 23.9 Å². The maximum Gasteiger partial charge on any atom is 0.326 e. The smallest absolute Gasteiger partial charge is 0.326 e. The molecular weight excluding hydrogens is 460 g/mol. The summed E-state index contributed by atoms with van der Waals surface area (Å²) in [4.78, 5) is 40.1. The Bertz CT molecular complexity index is 836. The Labute approximate surface area is 215 Å². The third kappa shape index (κ3) is 8.59. The van der Waals surface area contributed by atoms with Crippen molar-refractivity contribution in [2.75, 3.05) is 20.8 Å². The lowest BCUT2D eigenvalue weighted by Crippen LogP contribution is -2.52. The minimum atomic E-state index is -1.09. The summed E-state index contributed by atoms with van der Waals surface area (Å²) in [5, 5.41) is 12.4. The summed E-state index contributed by atoms with van der Waals surface area (Å²) < 4.78 is 11.3. The van der Waals surface area contributed by atoms with E-state index in [0.29, 0.717) is 18.9 Å². The third-order valence-corrected chi connectivity index (χ3v) is 7.38. The normalized spacial score (nSPS) is 21.8. The van der Waals surface area contributed by atoms with E-state index < -0.39 is 29.9 Å². The summed E-state index contributed by atoms with van der Waals surface area (Å²) in [5.74, 6) is -1.64. The molecule has 1 heterocycles. The van der Waals surface area contributed by atoms with E-state index in [1.807, 2.05) is 35.3 Å². The van der Waals surface area contributed by atoms with Gasteiger partial charge in [-0.3, -0.25) is 9.59 Å². The maximum absolute atomic E-state index is 13.2. The van der Waals surface area contributed by atoms with Crippen molar-refractivity contribution in [3.05, 3.63) is 36.0 Å². The number of hydrogen-bond acceptors (Lipinski definition) is 5. The fourth-order valence-corrected chi connectivity index (χ4v) is 4.98. The van der Waals surface area contributed by atoms with Gasteiger partial charge in [-0.15, -0.1) is 0 Å². The number of carboxylic acid groups (broad SMARTS) is 1. The van der Waals surface area contributed by atoms with Crippen LogP contribution in [0.2, 0.25) is 0 Å². The van der Waals surface area contributed by atoms with Crippen molar-refractivity contribution in [2.45, 2.75) is 90.0 Å². The van der Waals surface area contributed by atoms with Crippen molar-refractivity contribution in [2.24, 2.45) is 11.8 Å². The van der Waals surface area contributed by atoms with E-state index in [1.54, 1.807) is 21.1 Å². The van der Waals surface area contributed by atoms with Crippen LogP contribution in [0, 0.1) is 11.8 Å². The highest BCUT2D eigenvalue weighted by atomic mass is 16.5. The number of allylic oxidation sites excluding steroid dienone is 5. The van der Waals surface area contributed by atoms with Crippen LogP contribution in [-0.4, -0.2) is 72.8 Å². The van der Waals surface area contributed by atoms with Crippen LogP contribution < -0.4 is 5.32 Å². The molecular formula is C28H44N2O6. The molecule has 2 N–H and O–H groups in total. The molecule has 2 rings (SSSR count). The predicted octanol–water partition coefficient (Wildman–Crippen LogP) is 3.87. The van der Waals surface area contributed by atoms with Crippen molar-refractivity contribution < 1.29 is 29.0 Å². The minimum Gasteiger partial charge on any atom is -0.480 e. The zero-order valence-corrected chi connectivity index (χ0v) is 22.4. The summed E-state index contributed by atoms with van der Waals surface area (Å²) in [6.07, 6.45) is 13.6. The van der Waals surface area contributed by atoms with Gasteiger partial charge in [0.25, 0.3) is 0 Å². The molecule has 8 heteroatoms. The summed E-state index contributed by atoms with van der Waals surface area (Å²) in [7, 11) is 3.18. The zero-order chi connectivity index (χ0) is 26.7. The van der Waals surface area contributed by atoms with Crippen LogP contribution in [0.4, 0.5) is 0 Å². The minimum absolute atomic E-state index is 0.00543. The standard InChI is InChI=1S/C28H44N2O6/c1-6-19(2)16-22(35-4)18-25(31)30-15-11-14-24(30)26(36-5)20(3)27(32)29-23(28(33)34)17-21-12-9-7-8-10-13-21/h7,9-10,12-13,19-20,22-24,26H,6,8,11,14-18H2,1-5H3,(H,29,32)(H,33,34)/t19-,20+,22-,23-,24-,26+/m0/s1. The molecule has 8 nitrogen and oxygen atoms in total. The molecule has 0 aromatic rings. The van der Waals surface area contributed by atoms with Crippen LogP contribution in [0.1, 0.15) is 65.7 Å². The number of ether oxygens (including phenoxy) is 2. The van der Waals surface area contributed by atoms with Crippen LogP contribution in [0.25, 0.3) is 0 Å². The first-order valence-corrected chi connectivity index (χ1v) is 13.1. The third-order valence-electron chi connectivity index (χ3n) is 7.38. The van der Waals surface area contributed by atoms with E-state index in [9.17, 15) is 19.5 Å². The Morgan fingerprint density at radius 2 is 1.94 bits per heavy atom. The van der Waals surface area contributed by atoms with Gasteiger partial charge in [0.05, 0.1) is 30.6 Å². The number of carboxylic acids is 1. The van der Waals surface area contributed by atoms with Gasteiger partial charge in [0.2, 0.25) is 11.8 Å². The quantitative estimate of drug-likeness (QED) is 0.372. The lowest BCUT2D eigenvalue weighted by atomic mass is 9.93. The number of carbonyl (C=O) groups is 3. The first kappa shape index (κ1) is 29.8. The second-order valence-corrected chi connectivity index (χ2v) is 10.0. The average Bonchev–Trinajstić information content (AvgIpc) is 3.19. The van der Waals surface area contributed by atoms with Crippen LogP contribution in [0.15, 0.2) is 36.0 Å². The summed E-state index contributed by atoms with van der Waals surface area (Å²) in [5.41, 5.74) is 0.838. The molecule has 1 fully saturated rings. The van der Waals surface area contributed by atoms with Gasteiger partial charge in [-0.1, -0.05) is 57.6 Å². The van der Waals surface area contributed by atoms with Crippen molar-refractivity contribution in [3.63, 3.8) is 0 Å². The van der Waals surface area contributed by atoms with Gasteiger partial charge in [0.15, 0.2) is 0 Å². The number of aliphatic carboxylic acids is 1. The molecule has 0 spiro atoms. The topological polar surface area (TPSA) is 105 Å². The van der Waals surface area contributed by atoms with E-state index in [1.165, 1.54) is 0 Å². The molecule has 2 amide bonds. The summed E-state index contributed by atoms with van der Waals surface area (Å²) in [6.45, 7) is 6.63. The predicted molar refractivity (Wildman–Crippen MR) is 139 cm³/mol. The number of hydrogen-bond donors (Lipinski definition) is 2. The van der Waals surface area contributed by atoms with Crippen molar-refractivity contribution >= 4 is 17.8 Å². The Morgan fingerprint density at radius 3 is 2.58 bits per heavy atom. The molecule has 0 aromatic heterocycles. The molecule has 0 unspecified atom stereocenters. The molecule has 1 aliphatic carbocycles. The van der Waals surface area contributed by atoms with Crippen molar-refractivity contribution in [1.82, 2.24) is 10.2 Å². The SMILES string of the molecule is CC[C@H](C)C[C@@H](CC(=O)N1CCC[C@H]1[C@H](OC)[C@@H](C)C(=O)N[C@@H](CC1=CC=CCC=C1)C(=O)O)OC. The van der Waals surface area contributed by atoms with Crippen LogP contribution >= 0.6 is 0 Å². The molecule has 202 valence electrons. The molecule has 1 saturated heterocycles.